The Morgan fingerprint density at radius 1 is 0.861 bits per heavy atom. The van der Waals surface area contributed by atoms with E-state index in [1.54, 1.807) is 24.3 Å². The topological polar surface area (TPSA) is 105 Å². The van der Waals surface area contributed by atoms with Crippen LogP contribution >= 0.6 is 0 Å². The van der Waals surface area contributed by atoms with E-state index in [-0.39, 0.29) is 12.4 Å². The predicted molar refractivity (Wildman–Crippen MR) is 132 cm³/mol. The highest BCUT2D eigenvalue weighted by atomic mass is 16.6. The summed E-state index contributed by atoms with van der Waals surface area (Å²) in [6, 6.07) is 19.6. The molecule has 4 aromatic rings. The number of amides is 1. The lowest BCUT2D eigenvalue weighted by molar-refractivity contribution is -0.119. The van der Waals surface area contributed by atoms with Gasteiger partial charge in [0.2, 0.25) is 11.5 Å². The number of benzene rings is 3. The lowest BCUT2D eigenvalue weighted by Gasteiger charge is -2.14. The molecule has 0 bridgehead atoms. The van der Waals surface area contributed by atoms with Gasteiger partial charge in [-0.15, -0.1) is 0 Å². The lowest BCUT2D eigenvalue weighted by Crippen LogP contribution is -2.21. The third kappa shape index (κ3) is 5.35. The molecule has 0 fully saturated rings. The van der Waals surface area contributed by atoms with Crippen LogP contribution in [0.4, 0.5) is 5.69 Å². The Balaban J connectivity index is 1.46. The second kappa shape index (κ2) is 11.2. The van der Waals surface area contributed by atoms with Crippen LogP contribution in [0.2, 0.25) is 0 Å². The number of methoxy groups -OCH3 is 3. The van der Waals surface area contributed by atoms with Crippen LogP contribution in [0, 0.1) is 0 Å². The fourth-order valence-electron chi connectivity index (χ4n) is 3.63. The van der Waals surface area contributed by atoms with E-state index >= 15 is 0 Å². The highest BCUT2D eigenvalue weighted by Crippen LogP contribution is 2.40. The maximum atomic E-state index is 12.9. The molecule has 0 atom stereocenters. The van der Waals surface area contributed by atoms with E-state index in [2.05, 4.69) is 5.32 Å². The minimum Gasteiger partial charge on any atom is -0.493 e. The molecule has 0 aliphatic rings. The fourth-order valence-corrected chi connectivity index (χ4v) is 3.63. The molecule has 0 spiro atoms. The summed E-state index contributed by atoms with van der Waals surface area (Å²) in [5.74, 6) is 0.414. The van der Waals surface area contributed by atoms with Crippen LogP contribution < -0.4 is 24.3 Å². The molecule has 0 radical (unpaired) electrons. The standard InChI is InChI=1S/C27H25NO8/c1-31-22-13-17(14-23(32-2)26(22)33-3)28-24(29)16-35-27(30)25-20(15-34-18-9-5-4-6-10-18)19-11-7-8-12-21(19)36-25/h4-14H,15-16H2,1-3H3,(H,28,29). The lowest BCUT2D eigenvalue weighted by atomic mass is 10.1. The van der Waals surface area contributed by atoms with E-state index < -0.39 is 18.5 Å². The summed E-state index contributed by atoms with van der Waals surface area (Å²) in [6.07, 6.45) is 0. The molecule has 0 aliphatic heterocycles. The predicted octanol–water partition coefficient (Wildman–Crippen LogP) is 4.83. The summed E-state index contributed by atoms with van der Waals surface area (Å²) in [7, 11) is 4.42. The quantitative estimate of drug-likeness (QED) is 0.315. The Morgan fingerprint density at radius 2 is 1.53 bits per heavy atom. The van der Waals surface area contributed by atoms with Gasteiger partial charge in [-0.25, -0.2) is 4.79 Å². The molecule has 1 N–H and O–H groups in total. The zero-order chi connectivity index (χ0) is 25.5. The maximum Gasteiger partial charge on any atom is 0.375 e. The van der Waals surface area contributed by atoms with E-state index in [0.29, 0.717) is 39.8 Å². The number of hydrogen-bond donors (Lipinski definition) is 1. The van der Waals surface area contributed by atoms with Gasteiger partial charge in [0.05, 0.1) is 26.9 Å². The van der Waals surface area contributed by atoms with Crippen molar-refractivity contribution in [2.24, 2.45) is 0 Å². The second-order valence-corrected chi connectivity index (χ2v) is 7.55. The van der Waals surface area contributed by atoms with Gasteiger partial charge in [0.1, 0.15) is 17.9 Å². The molecule has 0 saturated carbocycles. The van der Waals surface area contributed by atoms with E-state index in [1.807, 2.05) is 42.5 Å². The van der Waals surface area contributed by atoms with Crippen molar-refractivity contribution in [1.29, 1.82) is 0 Å². The number of para-hydroxylation sites is 2. The molecular formula is C27H25NO8. The summed E-state index contributed by atoms with van der Waals surface area (Å²) in [6.45, 7) is -0.450. The Kier molecular flexibility index (Phi) is 7.60. The van der Waals surface area contributed by atoms with Gasteiger partial charge in [0.15, 0.2) is 18.1 Å². The van der Waals surface area contributed by atoms with Crippen molar-refractivity contribution >= 4 is 28.5 Å². The number of carbonyl (C=O) groups excluding carboxylic acids is 2. The summed E-state index contributed by atoms with van der Waals surface area (Å²) in [4.78, 5) is 25.4. The van der Waals surface area contributed by atoms with Crippen LogP contribution in [0.1, 0.15) is 16.1 Å². The molecule has 1 heterocycles. The number of furan rings is 1. The molecule has 0 aliphatic carbocycles. The van der Waals surface area contributed by atoms with E-state index in [0.717, 1.165) is 5.39 Å². The van der Waals surface area contributed by atoms with E-state index in [9.17, 15) is 9.59 Å². The summed E-state index contributed by atoms with van der Waals surface area (Å²) >= 11 is 0. The van der Waals surface area contributed by atoms with Gasteiger partial charge in [-0.3, -0.25) is 4.79 Å². The Morgan fingerprint density at radius 3 is 2.19 bits per heavy atom. The van der Waals surface area contributed by atoms with Crippen molar-refractivity contribution in [3.05, 3.63) is 78.1 Å². The zero-order valence-corrected chi connectivity index (χ0v) is 20.0. The highest BCUT2D eigenvalue weighted by Gasteiger charge is 2.23. The maximum absolute atomic E-state index is 12.9. The molecule has 3 aromatic carbocycles. The molecule has 9 heteroatoms. The Bertz CT molecular complexity index is 1340. The largest absolute Gasteiger partial charge is 0.493 e. The van der Waals surface area contributed by atoms with Crippen LogP contribution in [0.3, 0.4) is 0 Å². The van der Waals surface area contributed by atoms with Crippen LogP contribution in [-0.2, 0) is 16.1 Å². The van der Waals surface area contributed by atoms with Crippen LogP contribution in [0.5, 0.6) is 23.0 Å². The number of fused-ring (bicyclic) bond motifs is 1. The number of carbonyl (C=O) groups is 2. The second-order valence-electron chi connectivity index (χ2n) is 7.55. The molecule has 9 nitrogen and oxygen atoms in total. The number of nitrogens with one attached hydrogen (secondary N) is 1. The van der Waals surface area contributed by atoms with Crippen molar-refractivity contribution in [2.45, 2.75) is 6.61 Å². The molecule has 36 heavy (non-hydrogen) atoms. The first kappa shape index (κ1) is 24.5. The fraction of sp³-hybridized carbons (Fsp3) is 0.185. The van der Waals surface area contributed by atoms with Crippen molar-refractivity contribution in [3.8, 4) is 23.0 Å². The van der Waals surface area contributed by atoms with Gasteiger partial charge in [-0.05, 0) is 18.2 Å². The monoisotopic (exact) mass is 491 g/mol. The van der Waals surface area contributed by atoms with Crippen LogP contribution in [0.15, 0.2) is 71.1 Å². The number of anilines is 1. The highest BCUT2D eigenvalue weighted by molar-refractivity contribution is 5.98. The molecule has 4 rings (SSSR count). The molecule has 0 unspecified atom stereocenters. The summed E-state index contributed by atoms with van der Waals surface area (Å²) in [5.41, 5.74) is 1.42. The van der Waals surface area contributed by atoms with Gasteiger partial charge >= 0.3 is 5.97 Å². The van der Waals surface area contributed by atoms with E-state index in [1.165, 1.54) is 21.3 Å². The normalized spacial score (nSPS) is 10.5. The number of hydrogen-bond acceptors (Lipinski definition) is 8. The third-order valence-electron chi connectivity index (χ3n) is 5.29. The Hall–Kier alpha value is -4.66. The van der Waals surface area contributed by atoms with E-state index in [4.69, 9.17) is 28.1 Å². The molecule has 186 valence electrons. The number of rotatable bonds is 10. The first-order valence-electron chi connectivity index (χ1n) is 11.0. The number of ether oxygens (including phenoxy) is 5. The first-order chi connectivity index (χ1) is 17.5. The van der Waals surface area contributed by atoms with Gasteiger partial charge in [0, 0.05) is 23.2 Å². The van der Waals surface area contributed by atoms with Crippen LogP contribution in [-0.4, -0.2) is 39.8 Å². The first-order valence-corrected chi connectivity index (χ1v) is 11.0. The number of esters is 1. The third-order valence-corrected chi connectivity index (χ3v) is 5.29. The zero-order valence-electron chi connectivity index (χ0n) is 20.0. The molecule has 1 aromatic heterocycles. The SMILES string of the molecule is COc1cc(NC(=O)COC(=O)c2oc3ccccc3c2COc2ccccc2)cc(OC)c1OC. The average molecular weight is 491 g/mol. The molecule has 0 saturated heterocycles. The smallest absolute Gasteiger partial charge is 0.375 e. The molecule has 1 amide bonds. The van der Waals surface area contributed by atoms with Gasteiger partial charge < -0.3 is 33.4 Å². The minimum absolute atomic E-state index is 0.0206. The van der Waals surface area contributed by atoms with Crippen molar-refractivity contribution in [1.82, 2.24) is 0 Å². The van der Waals surface area contributed by atoms with Gasteiger partial charge in [-0.2, -0.15) is 0 Å². The van der Waals surface area contributed by atoms with Crippen molar-refractivity contribution in [3.63, 3.8) is 0 Å². The average Bonchev–Trinajstić information content (AvgIpc) is 3.29. The minimum atomic E-state index is -0.780. The van der Waals surface area contributed by atoms with Gasteiger partial charge in [-0.1, -0.05) is 36.4 Å². The van der Waals surface area contributed by atoms with Crippen molar-refractivity contribution in [2.75, 3.05) is 33.3 Å². The van der Waals surface area contributed by atoms with Crippen molar-refractivity contribution < 1.29 is 37.7 Å². The molecular weight excluding hydrogens is 466 g/mol. The Labute approximate surface area is 207 Å². The summed E-state index contributed by atoms with van der Waals surface area (Å²) in [5, 5.41) is 3.37. The van der Waals surface area contributed by atoms with Gasteiger partial charge in [0.25, 0.3) is 5.91 Å². The van der Waals surface area contributed by atoms with Crippen LogP contribution in [0.25, 0.3) is 11.0 Å². The summed E-state index contributed by atoms with van der Waals surface area (Å²) < 4.78 is 32.7.